The third-order valence-corrected chi connectivity index (χ3v) is 5.17. The van der Waals surface area contributed by atoms with Crippen LogP contribution in [0.4, 0.5) is 13.2 Å². The predicted octanol–water partition coefficient (Wildman–Crippen LogP) is 3.73. The Morgan fingerprint density at radius 1 is 1.16 bits per heavy atom. The van der Waals surface area contributed by atoms with Gasteiger partial charge < -0.3 is 5.32 Å². The summed E-state index contributed by atoms with van der Waals surface area (Å²) in [5, 5.41) is 3.06. The summed E-state index contributed by atoms with van der Waals surface area (Å²) in [7, 11) is 0. The summed E-state index contributed by atoms with van der Waals surface area (Å²) in [5.41, 5.74) is -1.53. The molecule has 6 nitrogen and oxygen atoms in total. The molecule has 0 saturated heterocycles. The molecule has 1 amide bonds. The Morgan fingerprint density at radius 3 is 2.52 bits per heavy atom. The van der Waals surface area contributed by atoms with Crippen LogP contribution < -0.4 is 16.6 Å². The fourth-order valence-corrected chi connectivity index (χ4v) is 3.48. The third-order valence-electron chi connectivity index (χ3n) is 4.94. The van der Waals surface area contributed by atoms with Crippen LogP contribution in [-0.4, -0.2) is 15.0 Å². The number of hydrogen-bond donors (Lipinski definition) is 1. The van der Waals surface area contributed by atoms with E-state index in [0.29, 0.717) is 0 Å². The number of benzene rings is 2. The Bertz CT molecular complexity index is 1260. The monoisotopic (exact) mass is 453 g/mol. The molecule has 2 aromatic carbocycles. The van der Waals surface area contributed by atoms with Crippen LogP contribution in [0.25, 0.3) is 10.9 Å². The second-order valence-corrected chi connectivity index (χ2v) is 7.39. The smallest absolute Gasteiger partial charge is 0.350 e. The van der Waals surface area contributed by atoms with Crippen LogP contribution in [0.1, 0.15) is 31.0 Å². The zero-order valence-corrected chi connectivity index (χ0v) is 17.4. The van der Waals surface area contributed by atoms with Gasteiger partial charge in [0.25, 0.3) is 5.56 Å². The van der Waals surface area contributed by atoms with Crippen LogP contribution in [0.2, 0.25) is 5.02 Å². The highest BCUT2D eigenvalue weighted by Gasteiger charge is 2.30. The van der Waals surface area contributed by atoms with E-state index in [0.717, 1.165) is 21.3 Å². The van der Waals surface area contributed by atoms with Crippen molar-refractivity contribution in [1.29, 1.82) is 0 Å². The number of carbonyl (C=O) groups excluding carboxylic acids is 1. The maximum atomic E-state index is 12.9. The Kier molecular flexibility index (Phi) is 6.26. The Labute approximate surface area is 179 Å². The Morgan fingerprint density at radius 2 is 1.87 bits per heavy atom. The summed E-state index contributed by atoms with van der Waals surface area (Å²) >= 11 is 6.03. The van der Waals surface area contributed by atoms with Crippen molar-refractivity contribution in [3.05, 3.63) is 79.5 Å². The maximum Gasteiger partial charge on any atom is 0.416 e. The molecule has 1 atom stereocenters. The van der Waals surface area contributed by atoms with Gasteiger partial charge in [-0.3, -0.25) is 18.7 Å². The van der Waals surface area contributed by atoms with E-state index in [1.807, 2.05) is 0 Å². The largest absolute Gasteiger partial charge is 0.416 e. The van der Waals surface area contributed by atoms with E-state index in [1.54, 1.807) is 6.92 Å². The molecule has 0 unspecified atom stereocenters. The molecule has 10 heteroatoms. The molecule has 1 N–H and O–H groups in total. The van der Waals surface area contributed by atoms with Gasteiger partial charge >= 0.3 is 11.9 Å². The van der Waals surface area contributed by atoms with E-state index in [4.69, 9.17) is 11.6 Å². The molecule has 1 heterocycles. The summed E-state index contributed by atoms with van der Waals surface area (Å²) in [6, 6.07) is 7.98. The molecule has 0 radical (unpaired) electrons. The molecule has 0 aliphatic carbocycles. The molecule has 0 saturated carbocycles. The lowest BCUT2D eigenvalue weighted by Gasteiger charge is -2.19. The van der Waals surface area contributed by atoms with Crippen molar-refractivity contribution in [2.75, 3.05) is 0 Å². The molecular weight excluding hydrogens is 435 g/mol. The number of nitrogens with one attached hydrogen (secondary N) is 1. The molecule has 0 bridgehead atoms. The highest BCUT2D eigenvalue weighted by Crippen LogP contribution is 2.29. The average molecular weight is 454 g/mol. The first-order chi connectivity index (χ1) is 14.5. The van der Waals surface area contributed by atoms with Gasteiger partial charge in [-0.05, 0) is 49.7 Å². The summed E-state index contributed by atoms with van der Waals surface area (Å²) in [5.74, 6) is -0.595. The summed E-state index contributed by atoms with van der Waals surface area (Å²) in [4.78, 5) is 38.2. The van der Waals surface area contributed by atoms with Gasteiger partial charge in [-0.1, -0.05) is 23.7 Å². The van der Waals surface area contributed by atoms with Crippen molar-refractivity contribution in [2.24, 2.45) is 0 Å². The summed E-state index contributed by atoms with van der Waals surface area (Å²) in [6.45, 7) is 3.05. The topological polar surface area (TPSA) is 73.1 Å². The quantitative estimate of drug-likeness (QED) is 0.639. The number of amides is 1. The van der Waals surface area contributed by atoms with Crippen LogP contribution in [0, 0.1) is 0 Å². The van der Waals surface area contributed by atoms with Gasteiger partial charge in [0.1, 0.15) is 6.04 Å². The zero-order chi connectivity index (χ0) is 22.9. The zero-order valence-electron chi connectivity index (χ0n) is 16.7. The van der Waals surface area contributed by atoms with Crippen LogP contribution in [0.5, 0.6) is 0 Å². The SMILES string of the molecule is CCn1c(=O)c2ccc(Cl)cc2n([C@H](C)C(=O)NCc2cccc(C(F)(F)F)c2)c1=O. The van der Waals surface area contributed by atoms with Crippen molar-refractivity contribution in [3.8, 4) is 0 Å². The molecule has 0 spiro atoms. The first kappa shape index (κ1) is 22.6. The molecule has 3 aromatic rings. The number of nitrogens with zero attached hydrogens (tertiary/aromatic N) is 2. The molecule has 3 rings (SSSR count). The number of fused-ring (bicyclic) bond motifs is 1. The van der Waals surface area contributed by atoms with E-state index in [1.165, 1.54) is 37.3 Å². The standard InChI is InChI=1S/C21H19ClF3N3O3/c1-3-27-19(30)16-8-7-15(22)10-17(16)28(20(27)31)12(2)18(29)26-11-13-5-4-6-14(9-13)21(23,24)25/h4-10,12H,3,11H2,1-2H3,(H,26,29)/t12-/m1/s1. The van der Waals surface area contributed by atoms with Gasteiger partial charge in [-0.15, -0.1) is 0 Å². The molecule has 31 heavy (non-hydrogen) atoms. The highest BCUT2D eigenvalue weighted by atomic mass is 35.5. The second kappa shape index (κ2) is 8.58. The lowest BCUT2D eigenvalue weighted by Crippen LogP contribution is -2.44. The van der Waals surface area contributed by atoms with Gasteiger partial charge in [0.2, 0.25) is 5.91 Å². The van der Waals surface area contributed by atoms with Crippen LogP contribution in [0.15, 0.2) is 52.1 Å². The number of alkyl halides is 3. The number of rotatable bonds is 5. The molecule has 164 valence electrons. The van der Waals surface area contributed by atoms with E-state index in [2.05, 4.69) is 5.32 Å². The van der Waals surface area contributed by atoms with Crippen molar-refractivity contribution >= 4 is 28.4 Å². The Balaban J connectivity index is 1.95. The van der Waals surface area contributed by atoms with Gasteiger partial charge in [0.15, 0.2) is 0 Å². The van der Waals surface area contributed by atoms with E-state index < -0.39 is 34.9 Å². The average Bonchev–Trinajstić information content (AvgIpc) is 2.71. The molecule has 0 fully saturated rings. The fourth-order valence-electron chi connectivity index (χ4n) is 3.32. The highest BCUT2D eigenvalue weighted by molar-refractivity contribution is 6.31. The van der Waals surface area contributed by atoms with Gasteiger partial charge in [-0.25, -0.2) is 4.79 Å². The van der Waals surface area contributed by atoms with Gasteiger partial charge in [0, 0.05) is 18.1 Å². The van der Waals surface area contributed by atoms with Crippen molar-refractivity contribution < 1.29 is 18.0 Å². The lowest BCUT2D eigenvalue weighted by molar-refractivity contribution is -0.137. The first-order valence-corrected chi connectivity index (χ1v) is 9.80. The molecule has 1 aromatic heterocycles. The van der Waals surface area contributed by atoms with E-state index in [9.17, 15) is 27.6 Å². The van der Waals surface area contributed by atoms with Crippen molar-refractivity contribution in [3.63, 3.8) is 0 Å². The molecule has 0 aliphatic rings. The van der Waals surface area contributed by atoms with Gasteiger partial charge in [0.05, 0.1) is 16.5 Å². The van der Waals surface area contributed by atoms with E-state index >= 15 is 0 Å². The fraction of sp³-hybridized carbons (Fsp3) is 0.286. The number of aromatic nitrogens is 2. The number of halogens is 4. The van der Waals surface area contributed by atoms with Crippen LogP contribution >= 0.6 is 11.6 Å². The number of carbonyl (C=O) groups is 1. The van der Waals surface area contributed by atoms with Crippen molar-refractivity contribution in [2.45, 2.75) is 39.2 Å². The minimum atomic E-state index is -4.49. The van der Waals surface area contributed by atoms with Crippen LogP contribution in [0.3, 0.4) is 0 Å². The minimum absolute atomic E-state index is 0.106. The first-order valence-electron chi connectivity index (χ1n) is 9.43. The van der Waals surface area contributed by atoms with Gasteiger partial charge in [-0.2, -0.15) is 13.2 Å². The Hall–Kier alpha value is -3.07. The van der Waals surface area contributed by atoms with Crippen LogP contribution in [-0.2, 0) is 24.1 Å². The van der Waals surface area contributed by atoms with E-state index in [-0.39, 0.29) is 34.6 Å². The van der Waals surface area contributed by atoms with Crippen molar-refractivity contribution in [1.82, 2.24) is 14.5 Å². The summed E-state index contributed by atoms with van der Waals surface area (Å²) in [6.07, 6.45) is -4.49. The minimum Gasteiger partial charge on any atom is -0.350 e. The predicted molar refractivity (Wildman–Crippen MR) is 111 cm³/mol. The number of hydrogen-bond acceptors (Lipinski definition) is 3. The summed E-state index contributed by atoms with van der Waals surface area (Å²) < 4.78 is 40.8. The maximum absolute atomic E-state index is 12.9. The lowest BCUT2D eigenvalue weighted by atomic mass is 10.1. The molecule has 0 aliphatic heterocycles. The molecular formula is C21H19ClF3N3O3. The third kappa shape index (κ3) is 4.51. The second-order valence-electron chi connectivity index (χ2n) is 6.96. The normalized spacial score (nSPS) is 12.7.